The van der Waals surface area contributed by atoms with Crippen LogP contribution in [0, 0.1) is 0 Å². The summed E-state index contributed by atoms with van der Waals surface area (Å²) in [6, 6.07) is 1.77. The Bertz CT molecular complexity index is 464. The topological polar surface area (TPSA) is 67.6 Å². The van der Waals surface area contributed by atoms with Gasteiger partial charge in [-0.2, -0.15) is 0 Å². The number of nitrogens with two attached hydrogens (primary N) is 1. The van der Waals surface area contributed by atoms with Gasteiger partial charge in [0, 0.05) is 11.6 Å². The van der Waals surface area contributed by atoms with E-state index in [0.717, 1.165) is 11.3 Å². The van der Waals surface area contributed by atoms with Crippen LogP contribution in [-0.2, 0) is 5.41 Å². The Kier molecular flexibility index (Phi) is 1.74. The number of nitrogen functional groups attached to an aromatic ring is 1. The first-order valence-electron chi connectivity index (χ1n) is 4.59. The van der Waals surface area contributed by atoms with Gasteiger partial charge in [-0.25, -0.2) is 9.97 Å². The molecule has 0 aliphatic rings. The van der Waals surface area contributed by atoms with Gasteiger partial charge in [-0.05, 0) is 6.07 Å². The Morgan fingerprint density at radius 2 is 2.07 bits per heavy atom. The molecule has 74 valence electrons. The molecule has 0 bridgehead atoms. The zero-order chi connectivity index (χ0) is 10.3. The summed E-state index contributed by atoms with van der Waals surface area (Å²) in [5.41, 5.74) is 8.01. The zero-order valence-electron chi connectivity index (χ0n) is 8.63. The molecule has 2 aromatic heterocycles. The number of rotatable bonds is 0. The van der Waals surface area contributed by atoms with Crippen LogP contribution < -0.4 is 5.73 Å². The summed E-state index contributed by atoms with van der Waals surface area (Å²) in [5.74, 6) is 0.915. The van der Waals surface area contributed by atoms with Crippen LogP contribution in [0.4, 0.5) is 5.69 Å². The molecule has 0 amide bonds. The van der Waals surface area contributed by atoms with E-state index in [1.54, 1.807) is 12.3 Å². The van der Waals surface area contributed by atoms with E-state index in [2.05, 4.69) is 35.7 Å². The molecule has 2 aromatic rings. The molecule has 0 aliphatic heterocycles. The largest absolute Gasteiger partial charge is 0.397 e. The minimum atomic E-state index is -0.00681. The number of fused-ring (bicyclic) bond motifs is 1. The lowest BCUT2D eigenvalue weighted by atomic mass is 9.96. The molecular formula is C10H14N4. The first-order chi connectivity index (χ1) is 6.48. The summed E-state index contributed by atoms with van der Waals surface area (Å²) >= 11 is 0. The van der Waals surface area contributed by atoms with Crippen LogP contribution in [0.5, 0.6) is 0 Å². The number of aromatic amines is 1. The van der Waals surface area contributed by atoms with Gasteiger partial charge in [0.15, 0.2) is 5.65 Å². The predicted molar refractivity (Wildman–Crippen MR) is 57.0 cm³/mol. The van der Waals surface area contributed by atoms with Crippen molar-refractivity contribution >= 4 is 16.9 Å². The summed E-state index contributed by atoms with van der Waals surface area (Å²) in [6.45, 7) is 6.29. The summed E-state index contributed by atoms with van der Waals surface area (Å²) in [7, 11) is 0. The van der Waals surface area contributed by atoms with Crippen LogP contribution in [0.25, 0.3) is 11.2 Å². The molecule has 3 N–H and O–H groups in total. The van der Waals surface area contributed by atoms with E-state index in [1.807, 2.05) is 0 Å². The second kappa shape index (κ2) is 2.70. The van der Waals surface area contributed by atoms with Crippen LogP contribution in [0.3, 0.4) is 0 Å². The molecule has 2 heterocycles. The summed E-state index contributed by atoms with van der Waals surface area (Å²) in [6.07, 6.45) is 1.67. The van der Waals surface area contributed by atoms with E-state index in [9.17, 15) is 0 Å². The molecule has 4 nitrogen and oxygen atoms in total. The standard InChI is InChI=1S/C10H14N4/c1-10(2,3)9-13-7-6(11)4-5-12-8(7)14-9/h4-5H,1-3H3,(H3,11,12,13,14). The van der Waals surface area contributed by atoms with Crippen molar-refractivity contribution in [1.29, 1.82) is 0 Å². The van der Waals surface area contributed by atoms with Crippen LogP contribution in [0.15, 0.2) is 12.3 Å². The third-order valence-corrected chi connectivity index (χ3v) is 2.13. The average Bonchev–Trinajstić information content (AvgIpc) is 2.48. The zero-order valence-corrected chi connectivity index (χ0v) is 8.63. The molecule has 0 aliphatic carbocycles. The smallest absolute Gasteiger partial charge is 0.179 e. The number of aromatic nitrogens is 3. The van der Waals surface area contributed by atoms with Crippen molar-refractivity contribution in [2.24, 2.45) is 0 Å². The third-order valence-electron chi connectivity index (χ3n) is 2.13. The monoisotopic (exact) mass is 190 g/mol. The molecule has 4 heteroatoms. The summed E-state index contributed by atoms with van der Waals surface area (Å²) < 4.78 is 0. The Morgan fingerprint density at radius 1 is 1.36 bits per heavy atom. The number of H-pyrrole nitrogens is 1. The maximum atomic E-state index is 5.80. The summed E-state index contributed by atoms with van der Waals surface area (Å²) in [4.78, 5) is 11.8. The maximum absolute atomic E-state index is 5.80. The van der Waals surface area contributed by atoms with Gasteiger partial charge in [0.1, 0.15) is 11.3 Å². The first-order valence-corrected chi connectivity index (χ1v) is 4.59. The highest BCUT2D eigenvalue weighted by Crippen LogP contribution is 2.23. The van der Waals surface area contributed by atoms with E-state index >= 15 is 0 Å². The Hall–Kier alpha value is -1.58. The van der Waals surface area contributed by atoms with Gasteiger partial charge < -0.3 is 10.7 Å². The second-order valence-corrected chi connectivity index (χ2v) is 4.43. The third kappa shape index (κ3) is 1.32. The van der Waals surface area contributed by atoms with Crippen LogP contribution >= 0.6 is 0 Å². The number of pyridine rings is 1. The van der Waals surface area contributed by atoms with Gasteiger partial charge in [0.05, 0.1) is 5.69 Å². The van der Waals surface area contributed by atoms with Gasteiger partial charge in [0.2, 0.25) is 0 Å². The van der Waals surface area contributed by atoms with E-state index in [-0.39, 0.29) is 5.41 Å². The molecule has 0 spiro atoms. The fourth-order valence-electron chi connectivity index (χ4n) is 1.29. The van der Waals surface area contributed by atoms with Gasteiger partial charge in [0.25, 0.3) is 0 Å². The molecule has 0 atom stereocenters. The van der Waals surface area contributed by atoms with Crippen LogP contribution in [-0.4, -0.2) is 15.0 Å². The Labute approximate surface area is 82.6 Å². The maximum Gasteiger partial charge on any atom is 0.179 e. The lowest BCUT2D eigenvalue weighted by molar-refractivity contribution is 0.554. The molecule has 0 radical (unpaired) electrons. The number of nitrogens with one attached hydrogen (secondary N) is 1. The number of hydrogen-bond acceptors (Lipinski definition) is 3. The van der Waals surface area contributed by atoms with Crippen molar-refractivity contribution in [1.82, 2.24) is 15.0 Å². The fraction of sp³-hybridized carbons (Fsp3) is 0.400. The Balaban J connectivity index is 2.69. The number of imidazole rings is 1. The highest BCUT2D eigenvalue weighted by Gasteiger charge is 2.19. The highest BCUT2D eigenvalue weighted by atomic mass is 15.0. The molecule has 0 unspecified atom stereocenters. The highest BCUT2D eigenvalue weighted by molar-refractivity contribution is 5.83. The minimum absolute atomic E-state index is 0.00681. The van der Waals surface area contributed by atoms with Crippen molar-refractivity contribution in [2.75, 3.05) is 5.73 Å². The van der Waals surface area contributed by atoms with Gasteiger partial charge in [-0.1, -0.05) is 20.8 Å². The van der Waals surface area contributed by atoms with E-state index in [1.165, 1.54) is 0 Å². The molecule has 0 saturated carbocycles. The minimum Gasteiger partial charge on any atom is -0.397 e. The molecule has 0 fully saturated rings. The first kappa shape index (κ1) is 8.99. The van der Waals surface area contributed by atoms with Gasteiger partial charge >= 0.3 is 0 Å². The van der Waals surface area contributed by atoms with Gasteiger partial charge in [-0.3, -0.25) is 0 Å². The number of anilines is 1. The van der Waals surface area contributed by atoms with Crippen molar-refractivity contribution < 1.29 is 0 Å². The average molecular weight is 190 g/mol. The number of hydrogen-bond donors (Lipinski definition) is 2. The van der Waals surface area contributed by atoms with Crippen molar-refractivity contribution in [2.45, 2.75) is 26.2 Å². The number of nitrogens with zero attached hydrogens (tertiary/aromatic N) is 2. The molecule has 14 heavy (non-hydrogen) atoms. The predicted octanol–water partition coefficient (Wildman–Crippen LogP) is 1.84. The quantitative estimate of drug-likeness (QED) is 0.666. The lowest BCUT2D eigenvalue weighted by Crippen LogP contribution is -2.13. The van der Waals surface area contributed by atoms with Crippen molar-refractivity contribution in [3.8, 4) is 0 Å². The molecular weight excluding hydrogens is 176 g/mol. The molecule has 2 rings (SSSR count). The Morgan fingerprint density at radius 3 is 2.64 bits per heavy atom. The van der Waals surface area contributed by atoms with Gasteiger partial charge in [-0.15, -0.1) is 0 Å². The SMILES string of the molecule is CC(C)(C)c1nc2nccc(N)c2[nH]1. The second-order valence-electron chi connectivity index (χ2n) is 4.43. The van der Waals surface area contributed by atoms with E-state index in [0.29, 0.717) is 11.3 Å². The normalized spacial score (nSPS) is 12.2. The molecule has 0 aromatic carbocycles. The van der Waals surface area contributed by atoms with E-state index < -0.39 is 0 Å². The van der Waals surface area contributed by atoms with Crippen molar-refractivity contribution in [3.05, 3.63) is 18.1 Å². The summed E-state index contributed by atoms with van der Waals surface area (Å²) in [5, 5.41) is 0. The van der Waals surface area contributed by atoms with Crippen LogP contribution in [0.1, 0.15) is 26.6 Å². The lowest BCUT2D eigenvalue weighted by Gasteiger charge is -2.13. The van der Waals surface area contributed by atoms with E-state index in [4.69, 9.17) is 5.73 Å². The molecule has 0 saturated heterocycles. The van der Waals surface area contributed by atoms with Crippen molar-refractivity contribution in [3.63, 3.8) is 0 Å². The van der Waals surface area contributed by atoms with Crippen LogP contribution in [0.2, 0.25) is 0 Å². The fourth-order valence-corrected chi connectivity index (χ4v) is 1.29.